The quantitative estimate of drug-likeness (QED) is 0.271. The zero-order chi connectivity index (χ0) is 22.4. The van der Waals surface area contributed by atoms with Crippen molar-refractivity contribution >= 4 is 46.0 Å². The molecule has 160 valence electrons. The van der Waals surface area contributed by atoms with E-state index in [-0.39, 0.29) is 27.9 Å². The third kappa shape index (κ3) is 3.04. The molecule has 1 fully saturated rings. The standard InChI is InChI=1S/C23H16ClN3O5/c1-31-12-8-9-14(24)13(11-12)20(28)18-19(17-7-4-10-32-17)27(22(30)21(18)29)23-25-15-5-2-3-6-16(15)26-23/h2-11,19,28H,1H3,(H,25,26)/b20-18+. The van der Waals surface area contributed by atoms with Crippen LogP contribution in [0.5, 0.6) is 5.75 Å². The summed E-state index contributed by atoms with van der Waals surface area (Å²) in [4.78, 5) is 34.9. The topological polar surface area (TPSA) is 109 Å². The van der Waals surface area contributed by atoms with Crippen molar-refractivity contribution in [2.45, 2.75) is 6.04 Å². The molecule has 5 rings (SSSR count). The average Bonchev–Trinajstić information content (AvgIpc) is 3.52. The molecule has 32 heavy (non-hydrogen) atoms. The second-order valence-corrected chi connectivity index (χ2v) is 7.52. The number of aromatic amines is 1. The van der Waals surface area contributed by atoms with Gasteiger partial charge in [-0.2, -0.15) is 0 Å². The molecule has 4 aromatic rings. The Hall–Kier alpha value is -4.04. The molecule has 2 aromatic carbocycles. The number of nitrogens with zero attached hydrogens (tertiary/aromatic N) is 2. The number of nitrogens with one attached hydrogen (secondary N) is 1. The summed E-state index contributed by atoms with van der Waals surface area (Å²) >= 11 is 6.29. The van der Waals surface area contributed by atoms with Crippen molar-refractivity contribution in [1.82, 2.24) is 9.97 Å². The summed E-state index contributed by atoms with van der Waals surface area (Å²) < 4.78 is 10.7. The van der Waals surface area contributed by atoms with Crippen LogP contribution in [0.2, 0.25) is 5.02 Å². The molecular weight excluding hydrogens is 434 g/mol. The van der Waals surface area contributed by atoms with Crippen LogP contribution in [0.4, 0.5) is 5.95 Å². The number of methoxy groups -OCH3 is 1. The molecule has 0 radical (unpaired) electrons. The molecule has 1 aliphatic heterocycles. The molecule has 1 saturated heterocycles. The second kappa shape index (κ2) is 7.58. The summed E-state index contributed by atoms with van der Waals surface area (Å²) in [7, 11) is 1.47. The van der Waals surface area contributed by atoms with Gasteiger partial charge in [0.2, 0.25) is 5.95 Å². The number of amides is 1. The molecule has 1 amide bonds. The highest BCUT2D eigenvalue weighted by atomic mass is 35.5. The van der Waals surface area contributed by atoms with Crippen molar-refractivity contribution in [1.29, 1.82) is 0 Å². The first-order chi connectivity index (χ1) is 15.5. The molecular formula is C23H16ClN3O5. The zero-order valence-electron chi connectivity index (χ0n) is 16.7. The Morgan fingerprint density at radius 2 is 2.00 bits per heavy atom. The number of benzene rings is 2. The summed E-state index contributed by atoms with van der Waals surface area (Å²) in [5, 5.41) is 11.3. The summed E-state index contributed by atoms with van der Waals surface area (Å²) in [5.74, 6) is -1.31. The number of hydrogen-bond acceptors (Lipinski definition) is 6. The van der Waals surface area contributed by atoms with Crippen LogP contribution in [0.3, 0.4) is 0 Å². The number of fused-ring (bicyclic) bond motifs is 1. The number of hydrogen-bond donors (Lipinski definition) is 2. The van der Waals surface area contributed by atoms with Gasteiger partial charge in [-0.15, -0.1) is 0 Å². The van der Waals surface area contributed by atoms with E-state index in [2.05, 4.69) is 9.97 Å². The van der Waals surface area contributed by atoms with Gasteiger partial charge in [-0.3, -0.25) is 14.5 Å². The Balaban J connectivity index is 1.73. The van der Waals surface area contributed by atoms with Crippen molar-refractivity contribution in [3.05, 3.63) is 82.8 Å². The number of Topliss-reactive ketones (excluding diaryl/α,β-unsaturated/α-hetero) is 1. The van der Waals surface area contributed by atoms with Crippen LogP contribution in [0.1, 0.15) is 17.4 Å². The van der Waals surface area contributed by atoms with Gasteiger partial charge in [0.1, 0.15) is 23.3 Å². The molecule has 3 heterocycles. The predicted octanol–water partition coefficient (Wildman–Crippen LogP) is 4.44. The van der Waals surface area contributed by atoms with E-state index in [0.29, 0.717) is 16.8 Å². The lowest BCUT2D eigenvalue weighted by atomic mass is 9.99. The van der Waals surface area contributed by atoms with Crippen LogP contribution in [-0.4, -0.2) is 33.9 Å². The minimum atomic E-state index is -1.05. The number of aromatic nitrogens is 2. The number of rotatable bonds is 4. The molecule has 1 atom stereocenters. The van der Waals surface area contributed by atoms with Gasteiger partial charge in [0.15, 0.2) is 0 Å². The number of carbonyl (C=O) groups excluding carboxylic acids is 2. The summed E-state index contributed by atoms with van der Waals surface area (Å²) in [6, 6.07) is 14.1. The SMILES string of the molecule is COc1ccc(Cl)c(/C(O)=C2\C(=O)C(=O)N(c3nc4ccccc4[nH]3)C2c2ccco2)c1. The summed E-state index contributed by atoms with van der Waals surface area (Å²) in [6.07, 6.45) is 1.42. The number of halogens is 1. The van der Waals surface area contributed by atoms with E-state index in [0.717, 1.165) is 0 Å². The molecule has 2 N–H and O–H groups in total. The van der Waals surface area contributed by atoms with E-state index >= 15 is 0 Å². The molecule has 1 unspecified atom stereocenters. The van der Waals surface area contributed by atoms with Crippen LogP contribution >= 0.6 is 11.6 Å². The summed E-state index contributed by atoms with van der Waals surface area (Å²) in [5.41, 5.74) is 1.31. The maximum atomic E-state index is 13.1. The van der Waals surface area contributed by atoms with Gasteiger partial charge in [0.05, 0.1) is 35.0 Å². The Bertz CT molecular complexity index is 1360. The van der Waals surface area contributed by atoms with E-state index in [4.69, 9.17) is 20.8 Å². The molecule has 9 heteroatoms. The number of carbonyl (C=O) groups is 2. The van der Waals surface area contributed by atoms with Crippen molar-refractivity contribution in [2.75, 3.05) is 12.0 Å². The lowest BCUT2D eigenvalue weighted by molar-refractivity contribution is -0.132. The molecule has 8 nitrogen and oxygen atoms in total. The van der Waals surface area contributed by atoms with Gasteiger partial charge in [-0.1, -0.05) is 23.7 Å². The van der Waals surface area contributed by atoms with Crippen LogP contribution in [0.25, 0.3) is 16.8 Å². The van der Waals surface area contributed by atoms with Crippen LogP contribution in [0.15, 0.2) is 70.9 Å². The maximum Gasteiger partial charge on any atom is 0.302 e. The number of imidazole rings is 1. The van der Waals surface area contributed by atoms with Gasteiger partial charge in [0.25, 0.3) is 5.78 Å². The third-order valence-corrected chi connectivity index (χ3v) is 5.62. The van der Waals surface area contributed by atoms with E-state index < -0.39 is 23.5 Å². The van der Waals surface area contributed by atoms with Crippen LogP contribution < -0.4 is 9.64 Å². The Morgan fingerprint density at radius 1 is 1.19 bits per heavy atom. The lowest BCUT2D eigenvalue weighted by Crippen LogP contribution is -2.30. The fraction of sp³-hybridized carbons (Fsp3) is 0.0870. The fourth-order valence-electron chi connectivity index (χ4n) is 3.78. The Kier molecular flexibility index (Phi) is 4.71. The highest BCUT2D eigenvalue weighted by Gasteiger charge is 2.49. The first-order valence-electron chi connectivity index (χ1n) is 9.62. The number of para-hydroxylation sites is 2. The van der Waals surface area contributed by atoms with E-state index in [1.165, 1.54) is 30.4 Å². The molecule has 0 saturated carbocycles. The minimum Gasteiger partial charge on any atom is -0.507 e. The van der Waals surface area contributed by atoms with Gasteiger partial charge in [-0.25, -0.2) is 4.98 Å². The molecule has 2 aromatic heterocycles. The molecule has 0 spiro atoms. The van der Waals surface area contributed by atoms with Crippen LogP contribution in [-0.2, 0) is 9.59 Å². The monoisotopic (exact) mass is 449 g/mol. The zero-order valence-corrected chi connectivity index (χ0v) is 17.5. The molecule has 1 aliphatic rings. The van der Waals surface area contributed by atoms with E-state index in [1.807, 2.05) is 12.1 Å². The second-order valence-electron chi connectivity index (χ2n) is 7.11. The predicted molar refractivity (Wildman–Crippen MR) is 118 cm³/mol. The van der Waals surface area contributed by atoms with Gasteiger partial charge in [-0.05, 0) is 42.5 Å². The Morgan fingerprint density at radius 3 is 2.72 bits per heavy atom. The number of aliphatic hydroxyl groups excluding tert-OH is 1. The number of ketones is 1. The van der Waals surface area contributed by atoms with Crippen molar-refractivity contribution in [2.24, 2.45) is 0 Å². The number of ether oxygens (including phenoxy) is 1. The smallest absolute Gasteiger partial charge is 0.302 e. The van der Waals surface area contributed by atoms with E-state index in [9.17, 15) is 14.7 Å². The normalized spacial score (nSPS) is 17.9. The largest absolute Gasteiger partial charge is 0.507 e. The van der Waals surface area contributed by atoms with Gasteiger partial charge >= 0.3 is 5.91 Å². The van der Waals surface area contributed by atoms with Gasteiger partial charge in [0, 0.05) is 5.56 Å². The molecule has 0 aliphatic carbocycles. The number of anilines is 1. The summed E-state index contributed by atoms with van der Waals surface area (Å²) in [6.45, 7) is 0. The highest BCUT2D eigenvalue weighted by molar-refractivity contribution is 6.51. The van der Waals surface area contributed by atoms with Crippen LogP contribution in [0, 0.1) is 0 Å². The minimum absolute atomic E-state index is 0.158. The van der Waals surface area contributed by atoms with Crippen molar-refractivity contribution in [3.8, 4) is 5.75 Å². The van der Waals surface area contributed by atoms with Crippen molar-refractivity contribution < 1.29 is 23.8 Å². The van der Waals surface area contributed by atoms with Crippen molar-refractivity contribution in [3.63, 3.8) is 0 Å². The lowest BCUT2D eigenvalue weighted by Gasteiger charge is -2.20. The number of H-pyrrole nitrogens is 1. The maximum absolute atomic E-state index is 13.1. The third-order valence-electron chi connectivity index (χ3n) is 5.29. The van der Waals surface area contributed by atoms with E-state index in [1.54, 1.807) is 30.3 Å². The first-order valence-corrected chi connectivity index (χ1v) is 10.0. The Labute approximate surface area is 186 Å². The number of aliphatic hydroxyl groups is 1. The van der Waals surface area contributed by atoms with Gasteiger partial charge < -0.3 is 19.2 Å². The first kappa shape index (κ1) is 19.9. The average molecular weight is 450 g/mol. The molecule has 0 bridgehead atoms. The highest BCUT2D eigenvalue weighted by Crippen LogP contribution is 2.43. The fourth-order valence-corrected chi connectivity index (χ4v) is 3.99. The number of furan rings is 1.